The van der Waals surface area contributed by atoms with E-state index in [4.69, 9.17) is 5.73 Å². The number of hydrogen-bond donors (Lipinski definition) is 2. The predicted molar refractivity (Wildman–Crippen MR) is 128 cm³/mol. The Morgan fingerprint density at radius 1 is 0.857 bits per heavy atom. The van der Waals surface area contributed by atoms with E-state index in [2.05, 4.69) is 20.3 Å². The number of aromatic nitrogens is 4. The van der Waals surface area contributed by atoms with Crippen molar-refractivity contribution in [2.24, 2.45) is 5.73 Å². The van der Waals surface area contributed by atoms with E-state index in [0.717, 1.165) is 17.2 Å². The number of fused-ring (bicyclic) bond motifs is 1. The first-order valence-corrected chi connectivity index (χ1v) is 11.0. The highest BCUT2D eigenvalue weighted by molar-refractivity contribution is 5.78. The molecule has 0 aliphatic rings. The summed E-state index contributed by atoms with van der Waals surface area (Å²) in [4.78, 5) is 13.4. The van der Waals surface area contributed by atoms with Crippen LogP contribution in [0.15, 0.2) is 72.9 Å². The largest absolute Gasteiger partial charge is 0.350 e. The smallest absolute Gasteiger partial charge is 0.225 e. The summed E-state index contributed by atoms with van der Waals surface area (Å²) in [5.41, 5.74) is 8.93. The minimum atomic E-state index is -0.995. The summed E-state index contributed by atoms with van der Waals surface area (Å²) in [7, 11) is 0. The van der Waals surface area contributed by atoms with Gasteiger partial charge in [0.15, 0.2) is 17.3 Å². The van der Waals surface area contributed by atoms with E-state index in [1.54, 1.807) is 22.8 Å². The summed E-state index contributed by atoms with van der Waals surface area (Å²) < 4.78 is 44.5. The number of anilines is 1. The average Bonchev–Trinajstić information content (AvgIpc) is 3.22. The van der Waals surface area contributed by atoms with Crippen molar-refractivity contribution >= 4 is 17.1 Å². The first-order chi connectivity index (χ1) is 17.0. The Hall–Kier alpha value is -4.24. The zero-order valence-corrected chi connectivity index (χ0v) is 18.5. The molecule has 0 spiro atoms. The molecule has 0 fully saturated rings. The molecule has 0 saturated carbocycles. The van der Waals surface area contributed by atoms with Gasteiger partial charge in [0.05, 0.1) is 18.3 Å². The molecule has 0 amide bonds. The normalized spacial score (nSPS) is 11.2. The second kappa shape index (κ2) is 9.55. The third-order valence-corrected chi connectivity index (χ3v) is 5.64. The van der Waals surface area contributed by atoms with Crippen molar-refractivity contribution in [2.45, 2.75) is 19.6 Å². The minimum absolute atomic E-state index is 0.0128. The average molecular weight is 474 g/mol. The van der Waals surface area contributed by atoms with Crippen LogP contribution in [0.5, 0.6) is 0 Å². The van der Waals surface area contributed by atoms with E-state index in [1.165, 1.54) is 24.4 Å². The van der Waals surface area contributed by atoms with Crippen LogP contribution >= 0.6 is 0 Å². The maximum Gasteiger partial charge on any atom is 0.225 e. The van der Waals surface area contributed by atoms with Crippen LogP contribution in [0.1, 0.15) is 16.7 Å². The van der Waals surface area contributed by atoms with Gasteiger partial charge in [-0.1, -0.05) is 48.5 Å². The first kappa shape index (κ1) is 22.5. The predicted octanol–water partition coefficient (Wildman–Crippen LogP) is 5.03. The first-order valence-electron chi connectivity index (χ1n) is 11.0. The Morgan fingerprint density at radius 3 is 2.46 bits per heavy atom. The summed E-state index contributed by atoms with van der Waals surface area (Å²) in [6, 6.07) is 18.0. The fourth-order valence-corrected chi connectivity index (χ4v) is 3.89. The number of nitrogens with one attached hydrogen (secondary N) is 1. The number of imidazole rings is 1. The lowest BCUT2D eigenvalue weighted by Crippen LogP contribution is -2.08. The molecule has 0 bridgehead atoms. The second-order valence-electron chi connectivity index (χ2n) is 7.99. The molecular weight excluding hydrogens is 453 g/mol. The molecule has 5 rings (SSSR count). The monoisotopic (exact) mass is 474 g/mol. The maximum absolute atomic E-state index is 14.8. The van der Waals surface area contributed by atoms with E-state index < -0.39 is 11.6 Å². The van der Waals surface area contributed by atoms with Gasteiger partial charge in [0.2, 0.25) is 5.95 Å². The number of halogens is 3. The topological polar surface area (TPSA) is 81.7 Å². The van der Waals surface area contributed by atoms with Crippen LogP contribution < -0.4 is 11.1 Å². The molecule has 3 aromatic carbocycles. The van der Waals surface area contributed by atoms with Crippen LogP contribution in [0.2, 0.25) is 0 Å². The molecule has 0 atom stereocenters. The maximum atomic E-state index is 14.8. The fourth-order valence-electron chi connectivity index (χ4n) is 3.89. The van der Waals surface area contributed by atoms with Crippen molar-refractivity contribution in [2.75, 3.05) is 5.32 Å². The van der Waals surface area contributed by atoms with Crippen molar-refractivity contribution in [1.29, 1.82) is 0 Å². The van der Waals surface area contributed by atoms with Crippen molar-refractivity contribution < 1.29 is 13.2 Å². The Labute approximate surface area is 199 Å². The number of benzene rings is 3. The van der Waals surface area contributed by atoms with Gasteiger partial charge in [-0.3, -0.25) is 0 Å². The molecule has 0 aliphatic heterocycles. The van der Waals surface area contributed by atoms with E-state index >= 15 is 0 Å². The van der Waals surface area contributed by atoms with Crippen molar-refractivity contribution in [3.8, 4) is 11.4 Å². The molecule has 0 radical (unpaired) electrons. The van der Waals surface area contributed by atoms with Crippen LogP contribution in [-0.2, 0) is 19.6 Å². The van der Waals surface area contributed by atoms with E-state index in [0.29, 0.717) is 29.8 Å². The standard InChI is InChI=1S/C26H21F3N6/c27-20-9-2-1-7-18(20)13-31-26-32-14-22-25(34-26)35(15-17-6-3-5-16(11-17)12-30)24(33-22)19-8-4-10-21(28)23(19)29/h1-11,14H,12-13,15,30H2,(H,31,32,34). The molecule has 0 aliphatic carbocycles. The van der Waals surface area contributed by atoms with Crippen molar-refractivity contribution in [1.82, 2.24) is 19.5 Å². The molecule has 5 aromatic rings. The molecule has 35 heavy (non-hydrogen) atoms. The van der Waals surface area contributed by atoms with Crippen LogP contribution in [0, 0.1) is 17.5 Å². The molecule has 6 nitrogen and oxygen atoms in total. The van der Waals surface area contributed by atoms with Gasteiger partial charge >= 0.3 is 0 Å². The molecular formula is C26H21F3N6. The highest BCUT2D eigenvalue weighted by atomic mass is 19.2. The highest BCUT2D eigenvalue weighted by Gasteiger charge is 2.20. The summed E-state index contributed by atoms with van der Waals surface area (Å²) in [5.74, 6) is -1.83. The lowest BCUT2D eigenvalue weighted by molar-refractivity contribution is 0.510. The summed E-state index contributed by atoms with van der Waals surface area (Å²) in [6.45, 7) is 0.839. The van der Waals surface area contributed by atoms with Gasteiger partial charge in [-0.25, -0.2) is 23.1 Å². The van der Waals surface area contributed by atoms with Gasteiger partial charge in [0, 0.05) is 18.7 Å². The quantitative estimate of drug-likeness (QED) is 0.346. The summed E-state index contributed by atoms with van der Waals surface area (Å²) >= 11 is 0. The minimum Gasteiger partial charge on any atom is -0.350 e. The molecule has 2 heterocycles. The van der Waals surface area contributed by atoms with Crippen LogP contribution in [0.3, 0.4) is 0 Å². The third kappa shape index (κ3) is 4.58. The number of rotatable bonds is 7. The van der Waals surface area contributed by atoms with E-state index in [-0.39, 0.29) is 29.7 Å². The Morgan fingerprint density at radius 2 is 1.63 bits per heavy atom. The van der Waals surface area contributed by atoms with Crippen LogP contribution in [0.25, 0.3) is 22.6 Å². The van der Waals surface area contributed by atoms with Crippen molar-refractivity contribution in [3.05, 3.63) is 107 Å². The van der Waals surface area contributed by atoms with E-state index in [9.17, 15) is 13.2 Å². The zero-order chi connectivity index (χ0) is 24.4. The number of nitrogens with two attached hydrogens (primary N) is 1. The number of nitrogens with zero attached hydrogens (tertiary/aromatic N) is 4. The van der Waals surface area contributed by atoms with Crippen LogP contribution in [0.4, 0.5) is 19.1 Å². The summed E-state index contributed by atoms with van der Waals surface area (Å²) in [5, 5.41) is 3.02. The fraction of sp³-hybridized carbons (Fsp3) is 0.115. The van der Waals surface area contributed by atoms with Gasteiger partial charge in [-0.2, -0.15) is 4.98 Å². The Bertz CT molecular complexity index is 1510. The van der Waals surface area contributed by atoms with E-state index in [1.807, 2.05) is 24.3 Å². The Kier molecular flexibility index (Phi) is 6.15. The lowest BCUT2D eigenvalue weighted by Gasteiger charge is -2.11. The van der Waals surface area contributed by atoms with Gasteiger partial charge in [0.25, 0.3) is 0 Å². The Balaban J connectivity index is 1.59. The van der Waals surface area contributed by atoms with Gasteiger partial charge in [-0.05, 0) is 29.3 Å². The van der Waals surface area contributed by atoms with Crippen molar-refractivity contribution in [3.63, 3.8) is 0 Å². The lowest BCUT2D eigenvalue weighted by atomic mass is 10.1. The highest BCUT2D eigenvalue weighted by Crippen LogP contribution is 2.28. The van der Waals surface area contributed by atoms with Gasteiger partial charge in [-0.15, -0.1) is 0 Å². The van der Waals surface area contributed by atoms with Gasteiger partial charge in [0.1, 0.15) is 17.2 Å². The zero-order valence-electron chi connectivity index (χ0n) is 18.5. The molecule has 0 unspecified atom stereocenters. The molecule has 3 N–H and O–H groups in total. The number of hydrogen-bond acceptors (Lipinski definition) is 5. The SMILES string of the molecule is NCc1cccc(Cn2c(-c3cccc(F)c3F)nc3cnc(NCc4ccccc4F)nc32)c1. The summed E-state index contributed by atoms with van der Waals surface area (Å²) in [6.07, 6.45) is 1.50. The second-order valence-corrected chi connectivity index (χ2v) is 7.99. The third-order valence-electron chi connectivity index (χ3n) is 5.64. The molecule has 9 heteroatoms. The molecule has 0 saturated heterocycles. The molecule has 2 aromatic heterocycles. The molecule has 176 valence electrons. The van der Waals surface area contributed by atoms with Crippen LogP contribution in [-0.4, -0.2) is 19.5 Å². The van der Waals surface area contributed by atoms with Gasteiger partial charge < -0.3 is 15.6 Å².